The van der Waals surface area contributed by atoms with Gasteiger partial charge in [0.25, 0.3) is 5.91 Å². The van der Waals surface area contributed by atoms with Gasteiger partial charge in [-0.2, -0.15) is 13.2 Å². The Morgan fingerprint density at radius 3 is 2.67 bits per heavy atom. The summed E-state index contributed by atoms with van der Waals surface area (Å²) < 4.78 is 38.5. The van der Waals surface area contributed by atoms with Crippen LogP contribution >= 0.6 is 11.6 Å². The summed E-state index contributed by atoms with van der Waals surface area (Å²) in [6, 6.07) is 2.40. The van der Waals surface area contributed by atoms with Gasteiger partial charge < -0.3 is 5.32 Å². The van der Waals surface area contributed by atoms with E-state index in [1.165, 1.54) is 12.3 Å². The zero-order valence-electron chi connectivity index (χ0n) is 10.7. The summed E-state index contributed by atoms with van der Waals surface area (Å²) >= 11 is 5.94. The standard InChI is InChI=1S/C13H9ClF3N3O/c1-7-11(14)10(3-5-19-7)20-12(21)8-2-4-18-6-9(8)13(15,16)17/h2-6H,1H3,(H,19,20,21). The molecule has 0 aliphatic carbocycles. The fraction of sp³-hybridized carbons (Fsp3) is 0.154. The number of nitrogens with one attached hydrogen (secondary N) is 1. The lowest BCUT2D eigenvalue weighted by Crippen LogP contribution is -2.19. The fourth-order valence-corrected chi connectivity index (χ4v) is 1.81. The second kappa shape index (κ2) is 5.69. The summed E-state index contributed by atoms with van der Waals surface area (Å²) in [7, 11) is 0. The first kappa shape index (κ1) is 15.2. The third-order valence-corrected chi connectivity index (χ3v) is 3.16. The van der Waals surface area contributed by atoms with Crippen LogP contribution in [0.25, 0.3) is 0 Å². The van der Waals surface area contributed by atoms with Crippen LogP contribution in [0.1, 0.15) is 21.6 Å². The maximum Gasteiger partial charge on any atom is 0.418 e. The number of anilines is 1. The van der Waals surface area contributed by atoms with Gasteiger partial charge in [-0.15, -0.1) is 0 Å². The topological polar surface area (TPSA) is 54.9 Å². The maximum absolute atomic E-state index is 12.8. The Kier molecular flexibility index (Phi) is 4.13. The smallest absolute Gasteiger partial charge is 0.321 e. The highest BCUT2D eigenvalue weighted by Gasteiger charge is 2.35. The molecule has 0 aliphatic heterocycles. The summed E-state index contributed by atoms with van der Waals surface area (Å²) in [6.07, 6.45) is -1.55. The van der Waals surface area contributed by atoms with E-state index in [2.05, 4.69) is 15.3 Å². The van der Waals surface area contributed by atoms with E-state index in [0.717, 1.165) is 12.3 Å². The SMILES string of the molecule is Cc1nccc(NC(=O)c2ccncc2C(F)(F)F)c1Cl. The van der Waals surface area contributed by atoms with Crippen LogP contribution in [0.4, 0.5) is 18.9 Å². The molecule has 0 aliphatic rings. The Bertz CT molecular complexity index is 689. The third kappa shape index (κ3) is 3.30. The van der Waals surface area contributed by atoms with Crippen molar-refractivity contribution in [3.8, 4) is 0 Å². The third-order valence-electron chi connectivity index (χ3n) is 2.68. The Morgan fingerprint density at radius 1 is 1.29 bits per heavy atom. The number of halogens is 4. The Hall–Kier alpha value is -2.15. The highest BCUT2D eigenvalue weighted by molar-refractivity contribution is 6.34. The highest BCUT2D eigenvalue weighted by Crippen LogP contribution is 2.32. The number of hydrogen-bond donors (Lipinski definition) is 1. The lowest BCUT2D eigenvalue weighted by molar-refractivity contribution is -0.138. The minimum Gasteiger partial charge on any atom is -0.321 e. The van der Waals surface area contributed by atoms with E-state index in [4.69, 9.17) is 11.6 Å². The summed E-state index contributed by atoms with van der Waals surface area (Å²) in [6.45, 7) is 1.62. The normalized spacial score (nSPS) is 11.3. The summed E-state index contributed by atoms with van der Waals surface area (Å²) in [5, 5.41) is 2.52. The Balaban J connectivity index is 2.36. The number of hydrogen-bond acceptors (Lipinski definition) is 3. The van der Waals surface area contributed by atoms with Crippen molar-refractivity contribution >= 4 is 23.2 Å². The monoisotopic (exact) mass is 315 g/mol. The predicted molar refractivity (Wildman–Crippen MR) is 71.2 cm³/mol. The van der Waals surface area contributed by atoms with E-state index in [-0.39, 0.29) is 10.7 Å². The van der Waals surface area contributed by atoms with Crippen molar-refractivity contribution in [3.63, 3.8) is 0 Å². The molecule has 2 aromatic heterocycles. The van der Waals surface area contributed by atoms with E-state index in [1.54, 1.807) is 6.92 Å². The van der Waals surface area contributed by atoms with Crippen molar-refractivity contribution in [2.24, 2.45) is 0 Å². The van der Waals surface area contributed by atoms with Crippen LogP contribution in [0.2, 0.25) is 5.02 Å². The number of amides is 1. The molecule has 0 spiro atoms. The van der Waals surface area contributed by atoms with Crippen LogP contribution in [-0.4, -0.2) is 15.9 Å². The van der Waals surface area contributed by atoms with Gasteiger partial charge >= 0.3 is 6.18 Å². The highest BCUT2D eigenvalue weighted by atomic mass is 35.5. The number of nitrogens with zero attached hydrogens (tertiary/aromatic N) is 2. The van der Waals surface area contributed by atoms with Crippen molar-refractivity contribution in [2.45, 2.75) is 13.1 Å². The van der Waals surface area contributed by atoms with Crippen LogP contribution in [0.3, 0.4) is 0 Å². The molecule has 4 nitrogen and oxygen atoms in total. The van der Waals surface area contributed by atoms with Crippen molar-refractivity contribution in [1.29, 1.82) is 0 Å². The van der Waals surface area contributed by atoms with Crippen LogP contribution < -0.4 is 5.32 Å². The first-order valence-corrected chi connectivity index (χ1v) is 6.12. The van der Waals surface area contributed by atoms with Crippen LogP contribution in [0.15, 0.2) is 30.7 Å². The van der Waals surface area contributed by atoms with Gasteiger partial charge in [0.1, 0.15) is 0 Å². The molecule has 1 amide bonds. The molecule has 21 heavy (non-hydrogen) atoms. The van der Waals surface area contributed by atoms with Crippen LogP contribution in [0, 0.1) is 6.92 Å². The van der Waals surface area contributed by atoms with E-state index >= 15 is 0 Å². The number of rotatable bonds is 2. The van der Waals surface area contributed by atoms with Gasteiger partial charge in [-0.1, -0.05) is 11.6 Å². The van der Waals surface area contributed by atoms with Crippen molar-refractivity contribution in [3.05, 3.63) is 52.6 Å². The quantitative estimate of drug-likeness (QED) is 0.919. The van der Waals surface area contributed by atoms with Gasteiger partial charge in [-0.25, -0.2) is 0 Å². The molecule has 2 heterocycles. The van der Waals surface area contributed by atoms with E-state index in [1.807, 2.05) is 0 Å². The van der Waals surface area contributed by atoms with Gasteiger partial charge in [-0.3, -0.25) is 14.8 Å². The number of carbonyl (C=O) groups is 1. The zero-order chi connectivity index (χ0) is 15.6. The molecular formula is C13H9ClF3N3O. The molecule has 0 saturated heterocycles. The van der Waals surface area contributed by atoms with E-state index < -0.39 is 23.2 Å². The van der Waals surface area contributed by atoms with Gasteiger partial charge in [0.15, 0.2) is 0 Å². The minimum atomic E-state index is -4.67. The molecule has 110 valence electrons. The summed E-state index contributed by atoms with van der Waals surface area (Å²) in [5.74, 6) is -0.919. The molecule has 0 unspecified atom stereocenters. The van der Waals surface area contributed by atoms with Gasteiger partial charge in [-0.05, 0) is 19.1 Å². The zero-order valence-corrected chi connectivity index (χ0v) is 11.5. The molecule has 0 aromatic carbocycles. The van der Waals surface area contributed by atoms with Crippen LogP contribution in [0.5, 0.6) is 0 Å². The first-order valence-electron chi connectivity index (χ1n) is 5.74. The number of pyridine rings is 2. The number of aromatic nitrogens is 2. The number of alkyl halides is 3. The van der Waals surface area contributed by atoms with E-state index in [9.17, 15) is 18.0 Å². The lowest BCUT2D eigenvalue weighted by atomic mass is 10.1. The van der Waals surface area contributed by atoms with Gasteiger partial charge in [0.05, 0.1) is 27.5 Å². The lowest BCUT2D eigenvalue weighted by Gasteiger charge is -2.13. The van der Waals surface area contributed by atoms with Crippen molar-refractivity contribution in [1.82, 2.24) is 9.97 Å². The second-order valence-electron chi connectivity index (χ2n) is 4.13. The molecule has 0 atom stereocenters. The molecule has 0 bridgehead atoms. The molecule has 1 N–H and O–H groups in total. The fourth-order valence-electron chi connectivity index (χ4n) is 1.65. The van der Waals surface area contributed by atoms with Gasteiger partial charge in [0, 0.05) is 18.6 Å². The minimum absolute atomic E-state index is 0.175. The van der Waals surface area contributed by atoms with Crippen molar-refractivity contribution < 1.29 is 18.0 Å². The Labute approximate surface area is 123 Å². The largest absolute Gasteiger partial charge is 0.418 e. The second-order valence-corrected chi connectivity index (χ2v) is 4.51. The molecular weight excluding hydrogens is 307 g/mol. The molecule has 2 rings (SSSR count). The molecule has 2 aromatic rings. The maximum atomic E-state index is 12.8. The number of carbonyl (C=O) groups excluding carboxylic acids is 1. The van der Waals surface area contributed by atoms with Crippen molar-refractivity contribution in [2.75, 3.05) is 5.32 Å². The summed E-state index contributed by atoms with van der Waals surface area (Å²) in [5.41, 5.74) is -0.980. The summed E-state index contributed by atoms with van der Waals surface area (Å²) in [4.78, 5) is 19.3. The molecule has 8 heteroatoms. The molecule has 0 fully saturated rings. The molecule has 0 saturated carbocycles. The average Bonchev–Trinajstić information content (AvgIpc) is 2.43. The van der Waals surface area contributed by atoms with Crippen LogP contribution in [-0.2, 0) is 6.18 Å². The van der Waals surface area contributed by atoms with Gasteiger partial charge in [0.2, 0.25) is 0 Å². The number of aryl methyl sites for hydroxylation is 1. The average molecular weight is 316 g/mol. The Morgan fingerprint density at radius 2 is 2.00 bits per heavy atom. The molecule has 0 radical (unpaired) electrons. The van der Waals surface area contributed by atoms with E-state index in [0.29, 0.717) is 11.9 Å². The predicted octanol–water partition coefficient (Wildman–Crippen LogP) is 3.71. The first-order chi connectivity index (χ1) is 9.80.